The summed E-state index contributed by atoms with van der Waals surface area (Å²) >= 11 is 1.23. The Kier molecular flexibility index (Phi) is 12.3. The molecule has 1 heterocycles. The minimum Gasteiger partial charge on any atom is -0.338 e. The molecular formula is C30H43N5O3S. The number of nitrogens with zero attached hydrogens (tertiary/aromatic N) is 4. The van der Waals surface area contributed by atoms with Crippen molar-refractivity contribution in [3.05, 3.63) is 71.8 Å². The summed E-state index contributed by atoms with van der Waals surface area (Å²) in [5.41, 5.74) is 2.13. The molecule has 1 unspecified atom stereocenters. The van der Waals surface area contributed by atoms with E-state index in [0.717, 1.165) is 24.2 Å². The van der Waals surface area contributed by atoms with E-state index in [1.54, 1.807) is 6.92 Å². The Balaban J connectivity index is 1.84. The first-order chi connectivity index (χ1) is 18.7. The van der Waals surface area contributed by atoms with E-state index in [2.05, 4.69) is 29.4 Å². The number of carbonyl (C=O) groups excluding carboxylic acids is 3. The van der Waals surface area contributed by atoms with Gasteiger partial charge in [-0.1, -0.05) is 72.4 Å². The standard InChI is InChI=1S/C30H43N5O3S/c1-24(36)39-23-27(22-32(2)3)35(16-15-25-11-7-5-8-12-25)30(38)31-28(21-26-13-9-6-10-14-26)29(37)34-19-17-33(4)18-20-34/h5-14,27-28H,15-23H2,1-4H3,(H,31,38)/t27?,28-/m0/s1. The van der Waals surface area contributed by atoms with Crippen LogP contribution < -0.4 is 5.32 Å². The Morgan fingerprint density at radius 2 is 1.51 bits per heavy atom. The summed E-state index contributed by atoms with van der Waals surface area (Å²) < 4.78 is 0. The highest BCUT2D eigenvalue weighted by Gasteiger charge is 2.32. The minimum atomic E-state index is -0.678. The number of nitrogens with one attached hydrogen (secondary N) is 1. The zero-order chi connectivity index (χ0) is 28.2. The Bertz CT molecular complexity index is 1050. The van der Waals surface area contributed by atoms with E-state index in [9.17, 15) is 14.4 Å². The molecule has 0 aliphatic carbocycles. The zero-order valence-corrected chi connectivity index (χ0v) is 24.5. The van der Waals surface area contributed by atoms with Crippen molar-refractivity contribution < 1.29 is 14.4 Å². The summed E-state index contributed by atoms with van der Waals surface area (Å²) in [6.07, 6.45) is 1.10. The van der Waals surface area contributed by atoms with Crippen molar-refractivity contribution in [2.75, 3.05) is 66.2 Å². The largest absolute Gasteiger partial charge is 0.338 e. The first-order valence-corrected chi connectivity index (χ1v) is 14.6. The summed E-state index contributed by atoms with van der Waals surface area (Å²) in [7, 11) is 5.99. The summed E-state index contributed by atoms with van der Waals surface area (Å²) in [6, 6.07) is 18.7. The average Bonchev–Trinajstić information content (AvgIpc) is 2.92. The highest BCUT2D eigenvalue weighted by molar-refractivity contribution is 8.13. The molecule has 9 heteroatoms. The molecule has 2 aromatic carbocycles. The lowest BCUT2D eigenvalue weighted by atomic mass is 10.0. The molecule has 2 aromatic rings. The van der Waals surface area contributed by atoms with Crippen LogP contribution in [-0.4, -0.2) is 115 Å². The molecule has 0 bridgehead atoms. The minimum absolute atomic E-state index is 0.0226. The van der Waals surface area contributed by atoms with Gasteiger partial charge in [0, 0.05) is 58.4 Å². The smallest absolute Gasteiger partial charge is 0.318 e. The molecule has 8 nitrogen and oxygen atoms in total. The van der Waals surface area contributed by atoms with Crippen LogP contribution in [0.1, 0.15) is 18.1 Å². The molecular weight excluding hydrogens is 510 g/mol. The van der Waals surface area contributed by atoms with Gasteiger partial charge in [-0.15, -0.1) is 0 Å². The van der Waals surface area contributed by atoms with E-state index in [1.807, 2.05) is 77.3 Å². The second-order valence-electron chi connectivity index (χ2n) is 10.5. The third kappa shape index (κ3) is 10.3. The summed E-state index contributed by atoms with van der Waals surface area (Å²) in [5.74, 6) is 0.441. The predicted octanol–water partition coefficient (Wildman–Crippen LogP) is 2.84. The molecule has 212 valence electrons. The normalized spacial score (nSPS) is 15.6. The van der Waals surface area contributed by atoms with Gasteiger partial charge in [-0.05, 0) is 38.7 Å². The van der Waals surface area contributed by atoms with Crippen LogP contribution in [0.15, 0.2) is 60.7 Å². The van der Waals surface area contributed by atoms with Crippen LogP contribution in [0.5, 0.6) is 0 Å². The second-order valence-corrected chi connectivity index (χ2v) is 11.7. The molecule has 1 aliphatic rings. The van der Waals surface area contributed by atoms with E-state index in [4.69, 9.17) is 0 Å². The van der Waals surface area contributed by atoms with Gasteiger partial charge in [-0.25, -0.2) is 4.79 Å². The summed E-state index contributed by atoms with van der Waals surface area (Å²) in [5, 5.41) is 3.14. The monoisotopic (exact) mass is 553 g/mol. The molecule has 0 spiro atoms. The van der Waals surface area contributed by atoms with Gasteiger partial charge in [-0.3, -0.25) is 9.59 Å². The van der Waals surface area contributed by atoms with E-state index in [0.29, 0.717) is 44.8 Å². The third-order valence-electron chi connectivity index (χ3n) is 6.93. The van der Waals surface area contributed by atoms with Crippen molar-refractivity contribution in [1.29, 1.82) is 0 Å². The van der Waals surface area contributed by atoms with Gasteiger partial charge in [0.25, 0.3) is 0 Å². The van der Waals surface area contributed by atoms with Crippen molar-refractivity contribution in [2.45, 2.75) is 31.8 Å². The van der Waals surface area contributed by atoms with Crippen molar-refractivity contribution in [2.24, 2.45) is 0 Å². The van der Waals surface area contributed by atoms with Gasteiger partial charge in [0.2, 0.25) is 5.91 Å². The highest BCUT2D eigenvalue weighted by Crippen LogP contribution is 2.15. The van der Waals surface area contributed by atoms with Gasteiger partial charge in [0.05, 0.1) is 6.04 Å². The van der Waals surface area contributed by atoms with E-state index in [-0.39, 0.29) is 23.1 Å². The topological polar surface area (TPSA) is 76.2 Å². The van der Waals surface area contributed by atoms with E-state index >= 15 is 0 Å². The molecule has 1 saturated heterocycles. The number of hydrogen-bond acceptors (Lipinski definition) is 6. The average molecular weight is 554 g/mol. The lowest BCUT2D eigenvalue weighted by molar-refractivity contribution is -0.134. The molecule has 0 radical (unpaired) electrons. The zero-order valence-electron chi connectivity index (χ0n) is 23.7. The molecule has 0 aromatic heterocycles. The Hall–Kier alpha value is -2.88. The van der Waals surface area contributed by atoms with E-state index in [1.165, 1.54) is 11.8 Å². The van der Waals surface area contributed by atoms with Gasteiger partial charge >= 0.3 is 6.03 Å². The predicted molar refractivity (Wildman–Crippen MR) is 159 cm³/mol. The fraction of sp³-hybridized carbons (Fsp3) is 0.500. The van der Waals surface area contributed by atoms with Gasteiger partial charge in [0.15, 0.2) is 5.12 Å². The number of hydrogen-bond donors (Lipinski definition) is 1. The molecule has 39 heavy (non-hydrogen) atoms. The number of carbonyl (C=O) groups is 3. The lowest BCUT2D eigenvalue weighted by Gasteiger charge is -2.37. The van der Waals surface area contributed by atoms with Crippen molar-refractivity contribution >= 4 is 28.8 Å². The SMILES string of the molecule is CC(=O)SCC(CN(C)C)N(CCc1ccccc1)C(=O)N[C@@H](Cc1ccccc1)C(=O)N1CCN(C)CC1. The first-order valence-electron chi connectivity index (χ1n) is 13.6. The number of likely N-dealkylation sites (N-methyl/N-ethyl adjacent to an activating group) is 2. The maximum absolute atomic E-state index is 14.0. The maximum atomic E-state index is 14.0. The molecule has 0 saturated carbocycles. The molecule has 3 rings (SSSR count). The Labute approximate surface area is 237 Å². The van der Waals surface area contributed by atoms with Gasteiger partial charge in [-0.2, -0.15) is 0 Å². The molecule has 1 N–H and O–H groups in total. The fourth-order valence-corrected chi connectivity index (χ4v) is 5.46. The molecule has 3 amide bonds. The van der Waals surface area contributed by atoms with Gasteiger partial charge in [0.1, 0.15) is 6.04 Å². The van der Waals surface area contributed by atoms with Crippen molar-refractivity contribution in [1.82, 2.24) is 24.9 Å². The maximum Gasteiger partial charge on any atom is 0.318 e. The second kappa shape index (κ2) is 15.6. The quantitative estimate of drug-likeness (QED) is 0.436. The van der Waals surface area contributed by atoms with Crippen molar-refractivity contribution in [3.63, 3.8) is 0 Å². The summed E-state index contributed by atoms with van der Waals surface area (Å²) in [6.45, 7) is 5.56. The van der Waals surface area contributed by atoms with Crippen LogP contribution in [0, 0.1) is 0 Å². The number of urea groups is 1. The van der Waals surface area contributed by atoms with Crippen molar-refractivity contribution in [3.8, 4) is 0 Å². The van der Waals surface area contributed by atoms with Crippen LogP contribution in [0.25, 0.3) is 0 Å². The van der Waals surface area contributed by atoms with Gasteiger partial charge < -0.3 is 24.9 Å². The van der Waals surface area contributed by atoms with Crippen LogP contribution >= 0.6 is 11.8 Å². The fourth-order valence-electron chi connectivity index (χ4n) is 4.75. The van der Waals surface area contributed by atoms with Crippen LogP contribution in [-0.2, 0) is 22.4 Å². The first kappa shape index (κ1) is 30.7. The highest BCUT2D eigenvalue weighted by atomic mass is 32.2. The number of piperazine rings is 1. The van der Waals surface area contributed by atoms with Crippen LogP contribution in [0.4, 0.5) is 4.79 Å². The number of amides is 3. The number of rotatable bonds is 12. The molecule has 1 aliphatic heterocycles. The number of benzene rings is 2. The van der Waals surface area contributed by atoms with E-state index < -0.39 is 6.04 Å². The Morgan fingerprint density at radius 1 is 0.923 bits per heavy atom. The molecule has 2 atom stereocenters. The Morgan fingerprint density at radius 3 is 2.08 bits per heavy atom. The summed E-state index contributed by atoms with van der Waals surface area (Å²) in [4.78, 5) is 47.5. The van der Waals surface area contributed by atoms with Crippen LogP contribution in [0.2, 0.25) is 0 Å². The van der Waals surface area contributed by atoms with Crippen LogP contribution in [0.3, 0.4) is 0 Å². The number of thioether (sulfide) groups is 1. The molecule has 1 fully saturated rings. The third-order valence-corrected chi connectivity index (χ3v) is 7.89. The lowest BCUT2D eigenvalue weighted by Crippen LogP contribution is -2.59.